The van der Waals surface area contributed by atoms with Crippen LogP contribution in [-0.4, -0.2) is 12.5 Å². The van der Waals surface area contributed by atoms with Gasteiger partial charge in [-0.25, -0.2) is 0 Å². The van der Waals surface area contributed by atoms with E-state index in [1.807, 2.05) is 55.5 Å². The van der Waals surface area contributed by atoms with Gasteiger partial charge in [0.25, 0.3) is 5.91 Å². The number of ether oxygens (including phenoxy) is 1. The monoisotopic (exact) mass is 367 g/mol. The van der Waals surface area contributed by atoms with Crippen molar-refractivity contribution in [3.63, 3.8) is 0 Å². The normalized spacial score (nSPS) is 10.0. The molecule has 3 nitrogen and oxygen atoms in total. The summed E-state index contributed by atoms with van der Waals surface area (Å²) in [5.74, 6) is 0.632. The van der Waals surface area contributed by atoms with Crippen LogP contribution in [0.4, 0.5) is 5.69 Å². The molecular weight excluding hydrogens is 353 g/mol. The lowest BCUT2D eigenvalue weighted by Gasteiger charge is -2.08. The summed E-state index contributed by atoms with van der Waals surface area (Å²) in [7, 11) is 0. The minimum atomic E-state index is -0.120. The zero-order valence-corrected chi connectivity index (χ0v) is 12.7. The van der Waals surface area contributed by atoms with E-state index in [2.05, 4.69) is 27.9 Å². The third-order valence-corrected chi connectivity index (χ3v) is 3.23. The molecule has 0 unspecified atom stereocenters. The van der Waals surface area contributed by atoms with Crippen molar-refractivity contribution < 1.29 is 9.53 Å². The van der Waals surface area contributed by atoms with Crippen LogP contribution in [0.5, 0.6) is 5.75 Å². The molecule has 0 aromatic heterocycles. The van der Waals surface area contributed by atoms with Crippen molar-refractivity contribution in [2.24, 2.45) is 0 Å². The molecule has 4 heteroatoms. The molecule has 1 amide bonds. The van der Waals surface area contributed by atoms with E-state index in [1.54, 1.807) is 0 Å². The Morgan fingerprint density at radius 2 is 1.95 bits per heavy atom. The first kappa shape index (κ1) is 13.9. The van der Waals surface area contributed by atoms with Gasteiger partial charge in [0.2, 0.25) is 0 Å². The maximum Gasteiger partial charge on any atom is 0.255 e. The van der Waals surface area contributed by atoms with E-state index in [9.17, 15) is 4.79 Å². The number of amides is 1. The van der Waals surface area contributed by atoms with Crippen LogP contribution in [0.15, 0.2) is 48.5 Å². The first-order valence-electron chi connectivity index (χ1n) is 5.99. The highest BCUT2D eigenvalue weighted by Crippen LogP contribution is 2.18. The molecule has 98 valence electrons. The summed E-state index contributed by atoms with van der Waals surface area (Å²) in [6.45, 7) is 2.53. The fourth-order valence-corrected chi connectivity index (χ4v) is 1.99. The molecule has 0 fully saturated rings. The predicted molar refractivity (Wildman–Crippen MR) is 84.7 cm³/mol. The molecule has 0 aliphatic heterocycles. The average molecular weight is 367 g/mol. The van der Waals surface area contributed by atoms with Gasteiger partial charge in [-0.2, -0.15) is 0 Å². The van der Waals surface area contributed by atoms with Crippen LogP contribution >= 0.6 is 22.6 Å². The number of carbonyl (C=O) groups excluding carboxylic acids is 1. The van der Waals surface area contributed by atoms with Gasteiger partial charge >= 0.3 is 0 Å². The Morgan fingerprint density at radius 1 is 1.21 bits per heavy atom. The highest BCUT2D eigenvalue weighted by molar-refractivity contribution is 14.1. The fraction of sp³-hybridized carbons (Fsp3) is 0.133. The molecule has 0 spiro atoms. The topological polar surface area (TPSA) is 38.3 Å². The third-order valence-electron chi connectivity index (χ3n) is 2.51. The van der Waals surface area contributed by atoms with E-state index in [4.69, 9.17) is 4.74 Å². The number of nitrogens with one attached hydrogen (secondary N) is 1. The molecule has 0 saturated carbocycles. The van der Waals surface area contributed by atoms with Crippen molar-refractivity contribution in [2.45, 2.75) is 6.92 Å². The second-order valence-electron chi connectivity index (χ2n) is 3.92. The van der Waals surface area contributed by atoms with Crippen LogP contribution in [0.3, 0.4) is 0 Å². The second-order valence-corrected chi connectivity index (χ2v) is 5.17. The maximum absolute atomic E-state index is 12.0. The fourth-order valence-electron chi connectivity index (χ4n) is 1.63. The Morgan fingerprint density at radius 3 is 2.63 bits per heavy atom. The smallest absolute Gasteiger partial charge is 0.255 e. The van der Waals surface area contributed by atoms with Gasteiger partial charge in [0, 0.05) is 20.9 Å². The van der Waals surface area contributed by atoms with Crippen LogP contribution in [0.2, 0.25) is 0 Å². The van der Waals surface area contributed by atoms with Gasteiger partial charge in [0.15, 0.2) is 0 Å². The van der Waals surface area contributed by atoms with E-state index < -0.39 is 0 Å². The number of hydrogen-bond donors (Lipinski definition) is 1. The minimum Gasteiger partial charge on any atom is -0.494 e. The highest BCUT2D eigenvalue weighted by Gasteiger charge is 2.06. The SMILES string of the molecule is CCOc1cccc(NC(=O)c2ccc(I)cc2)c1. The molecule has 0 saturated heterocycles. The van der Waals surface area contributed by atoms with Crippen molar-refractivity contribution >= 4 is 34.2 Å². The number of hydrogen-bond acceptors (Lipinski definition) is 2. The average Bonchev–Trinajstić information content (AvgIpc) is 2.40. The van der Waals surface area contributed by atoms with Crippen LogP contribution in [0.25, 0.3) is 0 Å². The van der Waals surface area contributed by atoms with Crippen LogP contribution in [-0.2, 0) is 0 Å². The van der Waals surface area contributed by atoms with Crippen molar-refractivity contribution in [3.05, 3.63) is 57.7 Å². The van der Waals surface area contributed by atoms with Gasteiger partial charge in [0.1, 0.15) is 5.75 Å². The Kier molecular flexibility index (Phi) is 4.79. The summed E-state index contributed by atoms with van der Waals surface area (Å²) in [5.41, 5.74) is 1.37. The molecule has 0 aliphatic rings. The minimum absolute atomic E-state index is 0.120. The number of benzene rings is 2. The maximum atomic E-state index is 12.0. The second kappa shape index (κ2) is 6.56. The first-order chi connectivity index (χ1) is 9.19. The van der Waals surface area contributed by atoms with E-state index in [-0.39, 0.29) is 5.91 Å². The summed E-state index contributed by atoms with van der Waals surface area (Å²) in [6, 6.07) is 14.8. The van der Waals surface area contributed by atoms with E-state index in [0.29, 0.717) is 12.2 Å². The lowest BCUT2D eigenvalue weighted by molar-refractivity contribution is 0.102. The zero-order valence-electron chi connectivity index (χ0n) is 10.5. The quantitative estimate of drug-likeness (QED) is 0.832. The van der Waals surface area contributed by atoms with Gasteiger partial charge in [-0.1, -0.05) is 6.07 Å². The Labute approximate surface area is 126 Å². The van der Waals surface area contributed by atoms with Crippen molar-refractivity contribution in [1.29, 1.82) is 0 Å². The Bertz CT molecular complexity index is 567. The summed E-state index contributed by atoms with van der Waals surface area (Å²) >= 11 is 2.21. The van der Waals surface area contributed by atoms with Crippen molar-refractivity contribution in [1.82, 2.24) is 0 Å². The van der Waals surface area contributed by atoms with Gasteiger partial charge in [-0.15, -0.1) is 0 Å². The number of carbonyl (C=O) groups is 1. The Hall–Kier alpha value is -1.56. The molecular formula is C15H14INO2. The molecule has 2 aromatic carbocycles. The van der Waals surface area contributed by atoms with Crippen molar-refractivity contribution in [3.8, 4) is 5.75 Å². The van der Waals surface area contributed by atoms with Crippen LogP contribution in [0, 0.1) is 3.57 Å². The van der Waals surface area contributed by atoms with Crippen LogP contribution < -0.4 is 10.1 Å². The first-order valence-corrected chi connectivity index (χ1v) is 7.06. The number of halogens is 1. The molecule has 0 bridgehead atoms. The summed E-state index contributed by atoms with van der Waals surface area (Å²) in [6.07, 6.45) is 0. The largest absolute Gasteiger partial charge is 0.494 e. The lowest BCUT2D eigenvalue weighted by atomic mass is 10.2. The summed E-state index contributed by atoms with van der Waals surface area (Å²) in [5, 5.41) is 2.86. The number of rotatable bonds is 4. The molecule has 19 heavy (non-hydrogen) atoms. The van der Waals surface area contributed by atoms with E-state index in [0.717, 1.165) is 15.0 Å². The van der Waals surface area contributed by atoms with Gasteiger partial charge in [-0.3, -0.25) is 4.79 Å². The van der Waals surface area contributed by atoms with E-state index >= 15 is 0 Å². The molecule has 0 heterocycles. The van der Waals surface area contributed by atoms with Gasteiger partial charge < -0.3 is 10.1 Å². The summed E-state index contributed by atoms with van der Waals surface area (Å²) < 4.78 is 6.50. The van der Waals surface area contributed by atoms with E-state index in [1.165, 1.54) is 0 Å². The van der Waals surface area contributed by atoms with Gasteiger partial charge in [0.05, 0.1) is 6.61 Å². The molecule has 0 radical (unpaired) electrons. The zero-order chi connectivity index (χ0) is 13.7. The summed E-state index contributed by atoms with van der Waals surface area (Å²) in [4.78, 5) is 12.0. The van der Waals surface area contributed by atoms with Gasteiger partial charge in [-0.05, 0) is 65.9 Å². The predicted octanol–water partition coefficient (Wildman–Crippen LogP) is 3.94. The molecule has 2 rings (SSSR count). The third kappa shape index (κ3) is 3.96. The molecule has 2 aromatic rings. The Balaban J connectivity index is 2.10. The molecule has 0 aliphatic carbocycles. The molecule has 1 N–H and O–H groups in total. The standard InChI is InChI=1S/C15H14INO2/c1-2-19-14-5-3-4-13(10-14)17-15(18)11-6-8-12(16)9-7-11/h3-10H,2H2,1H3,(H,17,18). The molecule has 0 atom stereocenters. The van der Waals surface area contributed by atoms with Crippen molar-refractivity contribution in [2.75, 3.05) is 11.9 Å². The highest BCUT2D eigenvalue weighted by atomic mass is 127. The lowest BCUT2D eigenvalue weighted by Crippen LogP contribution is -2.11. The number of anilines is 1. The van der Waals surface area contributed by atoms with Crippen LogP contribution in [0.1, 0.15) is 17.3 Å².